The average molecular weight is 574 g/mol. The fourth-order valence-corrected chi connectivity index (χ4v) is 7.47. The van der Waals surface area contributed by atoms with Crippen LogP contribution in [0.2, 0.25) is 0 Å². The van der Waals surface area contributed by atoms with Crippen molar-refractivity contribution in [2.24, 2.45) is 0 Å². The Balaban J connectivity index is 1.38. The van der Waals surface area contributed by atoms with E-state index in [2.05, 4.69) is 10.0 Å². The smallest absolute Gasteiger partial charge is 0.243 e. The zero-order valence-electron chi connectivity index (χ0n) is 21.2. The highest BCUT2D eigenvalue weighted by molar-refractivity contribution is 7.89. The van der Waals surface area contributed by atoms with E-state index >= 15 is 0 Å². The van der Waals surface area contributed by atoms with Gasteiger partial charge in [-0.25, -0.2) is 21.6 Å². The minimum Gasteiger partial charge on any atom is -0.454 e. The number of rotatable bonds is 11. The summed E-state index contributed by atoms with van der Waals surface area (Å²) in [6, 6.07) is 19.1. The summed E-state index contributed by atoms with van der Waals surface area (Å²) in [4.78, 5) is -0.0866. The minimum atomic E-state index is -4.14. The van der Waals surface area contributed by atoms with Gasteiger partial charge in [0.05, 0.1) is 16.3 Å². The van der Waals surface area contributed by atoms with Crippen LogP contribution < -0.4 is 19.5 Å². The van der Waals surface area contributed by atoms with Crippen molar-refractivity contribution in [2.75, 3.05) is 18.7 Å². The van der Waals surface area contributed by atoms with Gasteiger partial charge in [0.2, 0.25) is 26.8 Å². The number of nitrogens with zero attached hydrogens (tertiary/aromatic N) is 1. The second-order valence-electron chi connectivity index (χ2n) is 9.59. The number of fused-ring (bicyclic) bond motifs is 1. The van der Waals surface area contributed by atoms with E-state index in [9.17, 15) is 21.9 Å². The van der Waals surface area contributed by atoms with Crippen LogP contribution in [0, 0.1) is 0 Å². The first-order valence-electron chi connectivity index (χ1n) is 12.7. The molecule has 0 spiro atoms. The van der Waals surface area contributed by atoms with Crippen molar-refractivity contribution in [3.8, 4) is 11.5 Å². The summed E-state index contributed by atoms with van der Waals surface area (Å²) < 4.78 is 67.8. The van der Waals surface area contributed by atoms with Gasteiger partial charge in [0.15, 0.2) is 11.5 Å². The molecule has 208 valence electrons. The van der Waals surface area contributed by atoms with Crippen molar-refractivity contribution in [1.29, 1.82) is 0 Å². The zero-order chi connectivity index (χ0) is 27.5. The zero-order valence-corrected chi connectivity index (χ0v) is 22.8. The fraction of sp³-hybridized carbons (Fsp3) is 0.333. The highest BCUT2D eigenvalue weighted by Crippen LogP contribution is 2.33. The maximum atomic E-state index is 13.8. The first kappa shape index (κ1) is 27.4. The Kier molecular flexibility index (Phi) is 8.10. The van der Waals surface area contributed by atoms with Gasteiger partial charge >= 0.3 is 0 Å². The van der Waals surface area contributed by atoms with Crippen molar-refractivity contribution in [3.05, 3.63) is 78.4 Å². The highest BCUT2D eigenvalue weighted by Gasteiger charge is 2.29. The lowest BCUT2D eigenvalue weighted by atomic mass is 10.2. The topological polar surface area (TPSA) is 134 Å². The Morgan fingerprint density at radius 2 is 1.54 bits per heavy atom. The number of ether oxygens (including phenoxy) is 2. The first-order valence-corrected chi connectivity index (χ1v) is 15.6. The number of nitrogens with one attached hydrogen (secondary N) is 2. The summed E-state index contributed by atoms with van der Waals surface area (Å²) in [6.45, 7) is -0.240. The molecule has 3 N–H and O–H groups in total. The predicted molar refractivity (Wildman–Crippen MR) is 145 cm³/mol. The number of hydrogen-bond acceptors (Lipinski definition) is 8. The van der Waals surface area contributed by atoms with E-state index in [-0.39, 0.29) is 35.7 Å². The highest BCUT2D eigenvalue weighted by atomic mass is 32.2. The molecule has 1 aliphatic heterocycles. The summed E-state index contributed by atoms with van der Waals surface area (Å²) in [5.41, 5.74) is 1.27. The molecule has 1 aliphatic carbocycles. The summed E-state index contributed by atoms with van der Waals surface area (Å²) >= 11 is 0. The molecule has 1 fully saturated rings. The maximum Gasteiger partial charge on any atom is 0.243 e. The SMILES string of the molecule is O=S(=O)(NC1CCCC1)c1ccc(S(=O)(=O)N(Cc2ccc3c(c2)OCO3)CC(O)Nc2ccccc2)cc1. The number of benzene rings is 3. The molecule has 5 rings (SSSR count). The molecule has 10 nitrogen and oxygen atoms in total. The van der Waals surface area contributed by atoms with E-state index in [1.807, 2.05) is 6.07 Å². The Bertz CT molecular complexity index is 1490. The Morgan fingerprint density at radius 3 is 2.26 bits per heavy atom. The molecule has 0 saturated heterocycles. The van der Waals surface area contributed by atoms with Gasteiger partial charge in [0, 0.05) is 18.3 Å². The third-order valence-electron chi connectivity index (χ3n) is 6.73. The number of aliphatic hydroxyl groups is 1. The van der Waals surface area contributed by atoms with Gasteiger partial charge < -0.3 is 19.9 Å². The van der Waals surface area contributed by atoms with E-state index in [4.69, 9.17) is 9.47 Å². The van der Waals surface area contributed by atoms with Gasteiger partial charge in [-0.2, -0.15) is 4.31 Å². The summed E-state index contributed by atoms with van der Waals surface area (Å²) in [5.74, 6) is 1.08. The lowest BCUT2D eigenvalue weighted by Gasteiger charge is -2.26. The van der Waals surface area contributed by atoms with Gasteiger partial charge in [0.25, 0.3) is 0 Å². The number of anilines is 1. The van der Waals surface area contributed by atoms with Gasteiger partial charge in [0.1, 0.15) is 6.23 Å². The molecule has 1 atom stereocenters. The van der Waals surface area contributed by atoms with Crippen LogP contribution in [0.4, 0.5) is 5.69 Å². The maximum absolute atomic E-state index is 13.8. The van der Waals surface area contributed by atoms with Crippen LogP contribution >= 0.6 is 0 Å². The Hall–Kier alpha value is -3.16. The standard InChI is InChI=1S/C27H31N3O7S2/c31-27(28-21-6-2-1-3-7-21)18-30(17-20-10-15-25-26(16-20)37-19-36-25)39(34,35)24-13-11-23(12-14-24)38(32,33)29-22-8-4-5-9-22/h1-3,6-7,10-16,22,27-29,31H,4-5,8-9,17-19H2. The molecule has 0 amide bonds. The number of sulfonamides is 2. The fourth-order valence-electron chi connectivity index (χ4n) is 4.73. The van der Waals surface area contributed by atoms with Crippen molar-refractivity contribution in [2.45, 2.75) is 54.3 Å². The lowest BCUT2D eigenvalue weighted by molar-refractivity contribution is 0.168. The van der Waals surface area contributed by atoms with Crippen LogP contribution in [0.1, 0.15) is 31.2 Å². The van der Waals surface area contributed by atoms with Crippen LogP contribution in [0.15, 0.2) is 82.6 Å². The number of hydrogen-bond donors (Lipinski definition) is 3. The molecule has 0 aromatic heterocycles. The van der Waals surface area contributed by atoms with Crippen LogP contribution in [-0.2, 0) is 26.6 Å². The normalized spacial score (nSPS) is 16.5. The summed E-state index contributed by atoms with van der Waals surface area (Å²) in [5, 5.41) is 13.7. The quantitative estimate of drug-likeness (QED) is 0.298. The van der Waals surface area contributed by atoms with E-state index in [1.165, 1.54) is 24.3 Å². The average Bonchev–Trinajstić information content (AvgIpc) is 3.60. The molecule has 0 bridgehead atoms. The van der Waals surface area contributed by atoms with Crippen LogP contribution in [0.3, 0.4) is 0 Å². The van der Waals surface area contributed by atoms with Gasteiger partial charge in [-0.3, -0.25) is 0 Å². The molecule has 1 heterocycles. The second-order valence-corrected chi connectivity index (χ2v) is 13.2. The van der Waals surface area contributed by atoms with Gasteiger partial charge in [-0.05, 0) is 66.9 Å². The van der Waals surface area contributed by atoms with Gasteiger partial charge in [-0.1, -0.05) is 37.1 Å². The van der Waals surface area contributed by atoms with Crippen LogP contribution in [0.25, 0.3) is 0 Å². The molecule has 3 aromatic carbocycles. The van der Waals surface area contributed by atoms with Crippen molar-refractivity contribution in [1.82, 2.24) is 9.03 Å². The summed E-state index contributed by atoms with van der Waals surface area (Å²) in [7, 11) is -7.91. The van der Waals surface area contributed by atoms with Crippen LogP contribution in [-0.4, -0.2) is 51.9 Å². The molecule has 1 unspecified atom stereocenters. The minimum absolute atomic E-state index is 0.00134. The molecule has 3 aromatic rings. The monoisotopic (exact) mass is 573 g/mol. The van der Waals surface area contributed by atoms with E-state index in [1.54, 1.807) is 42.5 Å². The van der Waals surface area contributed by atoms with Crippen LogP contribution in [0.5, 0.6) is 11.5 Å². The van der Waals surface area contributed by atoms with Crippen molar-refractivity contribution in [3.63, 3.8) is 0 Å². The molecule has 12 heteroatoms. The van der Waals surface area contributed by atoms with Gasteiger partial charge in [-0.15, -0.1) is 0 Å². The lowest BCUT2D eigenvalue weighted by Crippen LogP contribution is -2.40. The number of aliphatic hydroxyl groups excluding tert-OH is 1. The van der Waals surface area contributed by atoms with E-state index in [0.717, 1.165) is 30.0 Å². The molecule has 0 radical (unpaired) electrons. The molecule has 2 aliphatic rings. The van der Waals surface area contributed by atoms with E-state index in [0.29, 0.717) is 22.7 Å². The first-order chi connectivity index (χ1) is 18.7. The third kappa shape index (κ3) is 6.53. The van der Waals surface area contributed by atoms with Crippen molar-refractivity contribution < 1.29 is 31.4 Å². The third-order valence-corrected chi connectivity index (χ3v) is 10.1. The molecular formula is C27H31N3O7S2. The van der Waals surface area contributed by atoms with Crippen molar-refractivity contribution >= 4 is 25.7 Å². The number of para-hydroxylation sites is 1. The largest absolute Gasteiger partial charge is 0.454 e. The predicted octanol–water partition coefficient (Wildman–Crippen LogP) is 3.26. The Labute approximate surface area is 228 Å². The second kappa shape index (κ2) is 11.5. The molecule has 39 heavy (non-hydrogen) atoms. The molecular weight excluding hydrogens is 542 g/mol. The molecule has 1 saturated carbocycles. The Morgan fingerprint density at radius 1 is 0.872 bits per heavy atom. The summed E-state index contributed by atoms with van der Waals surface area (Å²) in [6.07, 6.45) is 2.33. The van der Waals surface area contributed by atoms with E-state index < -0.39 is 26.3 Å².